The number of nitrogens with one attached hydrogen (secondary N) is 1. The molecule has 0 saturated heterocycles. The Morgan fingerprint density at radius 3 is 2.94 bits per heavy atom. The van der Waals surface area contributed by atoms with Crippen LogP contribution in [-0.4, -0.2) is 17.0 Å². The van der Waals surface area contributed by atoms with Crippen molar-refractivity contribution in [1.82, 2.24) is 0 Å². The molecule has 0 radical (unpaired) electrons. The molecule has 0 aliphatic rings. The predicted octanol–water partition coefficient (Wildman–Crippen LogP) is 1.21. The summed E-state index contributed by atoms with van der Waals surface area (Å²) in [7, 11) is 0. The molecule has 0 unspecified atom stereocenters. The third kappa shape index (κ3) is 2.94. The van der Waals surface area contributed by atoms with E-state index in [1.807, 2.05) is 0 Å². The van der Waals surface area contributed by atoms with Crippen LogP contribution in [0.15, 0.2) is 23.4 Å². The molecule has 0 aromatic heterocycles. The highest BCUT2D eigenvalue weighted by Gasteiger charge is 2.08. The lowest BCUT2D eigenvalue weighted by molar-refractivity contribution is -0.115. The third-order valence-electron chi connectivity index (χ3n) is 2.01. The second-order valence-electron chi connectivity index (χ2n) is 3.23. The molecule has 0 fully saturated rings. The van der Waals surface area contributed by atoms with Crippen molar-refractivity contribution in [3.8, 4) is 0 Å². The van der Waals surface area contributed by atoms with Crippen molar-refractivity contribution >= 4 is 17.4 Å². The standard InChI is InChI=1S/C10H12FN3O2/c1-6-7(11)3-2-4-8(6)13-10(15)5-9(12)14-16/h2-4,16H,5H2,1H3,(H2,12,14)(H,13,15). The Hall–Kier alpha value is -2.11. The van der Waals surface area contributed by atoms with Crippen molar-refractivity contribution in [1.29, 1.82) is 0 Å². The number of oxime groups is 1. The molecule has 0 heterocycles. The average molecular weight is 225 g/mol. The molecular formula is C10H12FN3O2. The molecule has 1 aromatic carbocycles. The molecule has 4 N–H and O–H groups in total. The van der Waals surface area contributed by atoms with E-state index in [4.69, 9.17) is 10.9 Å². The Morgan fingerprint density at radius 1 is 1.62 bits per heavy atom. The number of hydrogen-bond donors (Lipinski definition) is 3. The minimum absolute atomic E-state index is 0.202. The fourth-order valence-corrected chi connectivity index (χ4v) is 1.14. The average Bonchev–Trinajstić information content (AvgIpc) is 2.24. The lowest BCUT2D eigenvalue weighted by Crippen LogP contribution is -2.22. The zero-order valence-corrected chi connectivity index (χ0v) is 8.70. The molecule has 16 heavy (non-hydrogen) atoms. The zero-order chi connectivity index (χ0) is 12.1. The van der Waals surface area contributed by atoms with E-state index in [-0.39, 0.29) is 12.3 Å². The summed E-state index contributed by atoms with van der Waals surface area (Å²) in [4.78, 5) is 11.3. The summed E-state index contributed by atoms with van der Waals surface area (Å²) < 4.78 is 13.1. The minimum atomic E-state index is -0.469. The first-order valence-electron chi connectivity index (χ1n) is 4.56. The smallest absolute Gasteiger partial charge is 0.232 e. The van der Waals surface area contributed by atoms with Crippen LogP contribution in [0.25, 0.3) is 0 Å². The summed E-state index contributed by atoms with van der Waals surface area (Å²) in [5, 5.41) is 13.4. The van der Waals surface area contributed by atoms with E-state index in [1.165, 1.54) is 12.1 Å². The molecule has 5 nitrogen and oxygen atoms in total. The fraction of sp³-hybridized carbons (Fsp3) is 0.200. The molecule has 0 aliphatic heterocycles. The number of anilines is 1. The van der Waals surface area contributed by atoms with E-state index in [2.05, 4.69) is 10.5 Å². The van der Waals surface area contributed by atoms with Crippen molar-refractivity contribution in [2.45, 2.75) is 13.3 Å². The van der Waals surface area contributed by atoms with E-state index in [1.54, 1.807) is 13.0 Å². The van der Waals surface area contributed by atoms with E-state index in [0.717, 1.165) is 0 Å². The van der Waals surface area contributed by atoms with Crippen LogP contribution in [-0.2, 0) is 4.79 Å². The summed E-state index contributed by atoms with van der Waals surface area (Å²) in [6.07, 6.45) is -0.244. The van der Waals surface area contributed by atoms with Gasteiger partial charge in [0.25, 0.3) is 0 Å². The Labute approximate surface area is 91.8 Å². The molecule has 6 heteroatoms. The second kappa shape index (κ2) is 5.11. The summed E-state index contributed by atoms with van der Waals surface area (Å²) in [6, 6.07) is 4.36. The number of amidine groups is 1. The highest BCUT2D eigenvalue weighted by Crippen LogP contribution is 2.17. The van der Waals surface area contributed by atoms with Crippen LogP contribution < -0.4 is 11.1 Å². The Bertz CT molecular complexity index is 432. The highest BCUT2D eigenvalue weighted by molar-refractivity contribution is 6.05. The molecule has 0 spiro atoms. The predicted molar refractivity (Wildman–Crippen MR) is 57.8 cm³/mol. The normalized spacial score (nSPS) is 11.2. The van der Waals surface area contributed by atoms with E-state index in [0.29, 0.717) is 11.3 Å². The van der Waals surface area contributed by atoms with E-state index in [9.17, 15) is 9.18 Å². The molecule has 86 valence electrons. The van der Waals surface area contributed by atoms with Crippen LogP contribution >= 0.6 is 0 Å². The quantitative estimate of drug-likeness (QED) is 0.312. The fourth-order valence-electron chi connectivity index (χ4n) is 1.14. The van der Waals surface area contributed by atoms with Gasteiger partial charge in [0.05, 0.1) is 6.42 Å². The molecule has 0 atom stereocenters. The topological polar surface area (TPSA) is 87.7 Å². The Kier molecular flexibility index (Phi) is 3.82. The first kappa shape index (κ1) is 12.0. The first-order chi connectivity index (χ1) is 7.54. The number of nitrogens with zero attached hydrogens (tertiary/aromatic N) is 1. The number of carbonyl (C=O) groups is 1. The van der Waals surface area contributed by atoms with Gasteiger partial charge < -0.3 is 16.3 Å². The van der Waals surface area contributed by atoms with Gasteiger partial charge in [-0.1, -0.05) is 11.2 Å². The van der Waals surface area contributed by atoms with Gasteiger partial charge in [-0.2, -0.15) is 0 Å². The second-order valence-corrected chi connectivity index (χ2v) is 3.23. The largest absolute Gasteiger partial charge is 0.409 e. The van der Waals surface area contributed by atoms with Gasteiger partial charge in [0, 0.05) is 11.3 Å². The number of carbonyl (C=O) groups excluding carboxylic acids is 1. The van der Waals surface area contributed by atoms with Crippen LogP contribution in [0, 0.1) is 12.7 Å². The monoisotopic (exact) mass is 225 g/mol. The van der Waals surface area contributed by atoms with Gasteiger partial charge in [0.15, 0.2) is 0 Å². The van der Waals surface area contributed by atoms with Crippen LogP contribution in [0.4, 0.5) is 10.1 Å². The van der Waals surface area contributed by atoms with Crippen molar-refractivity contribution in [2.24, 2.45) is 10.9 Å². The van der Waals surface area contributed by atoms with Gasteiger partial charge in [-0.05, 0) is 19.1 Å². The van der Waals surface area contributed by atoms with E-state index < -0.39 is 11.7 Å². The van der Waals surface area contributed by atoms with Crippen LogP contribution in [0.2, 0.25) is 0 Å². The Morgan fingerprint density at radius 2 is 2.31 bits per heavy atom. The summed E-state index contributed by atoms with van der Waals surface area (Å²) in [5.41, 5.74) is 5.87. The molecule has 1 aromatic rings. The lowest BCUT2D eigenvalue weighted by atomic mass is 10.2. The van der Waals surface area contributed by atoms with Gasteiger partial charge in [-0.3, -0.25) is 4.79 Å². The Balaban J connectivity index is 2.74. The van der Waals surface area contributed by atoms with Crippen molar-refractivity contribution in [3.05, 3.63) is 29.6 Å². The highest BCUT2D eigenvalue weighted by atomic mass is 19.1. The van der Waals surface area contributed by atoms with Gasteiger partial charge in [-0.15, -0.1) is 0 Å². The maximum absolute atomic E-state index is 13.1. The SMILES string of the molecule is Cc1c(F)cccc1NC(=O)CC(N)=NO. The van der Waals surface area contributed by atoms with Gasteiger partial charge in [-0.25, -0.2) is 4.39 Å². The molecular weight excluding hydrogens is 213 g/mol. The van der Waals surface area contributed by atoms with Crippen molar-refractivity contribution < 1.29 is 14.4 Å². The van der Waals surface area contributed by atoms with Gasteiger partial charge >= 0.3 is 0 Å². The van der Waals surface area contributed by atoms with Crippen molar-refractivity contribution in [3.63, 3.8) is 0 Å². The lowest BCUT2D eigenvalue weighted by Gasteiger charge is -2.08. The third-order valence-corrected chi connectivity index (χ3v) is 2.01. The minimum Gasteiger partial charge on any atom is -0.409 e. The number of hydrogen-bond acceptors (Lipinski definition) is 3. The maximum Gasteiger partial charge on any atom is 0.232 e. The van der Waals surface area contributed by atoms with Gasteiger partial charge in [0.1, 0.15) is 11.7 Å². The summed E-state index contributed by atoms with van der Waals surface area (Å²) in [5.74, 6) is -1.07. The number of amides is 1. The van der Waals surface area contributed by atoms with E-state index >= 15 is 0 Å². The van der Waals surface area contributed by atoms with Crippen LogP contribution in [0.1, 0.15) is 12.0 Å². The summed E-state index contributed by atoms with van der Waals surface area (Å²) >= 11 is 0. The van der Waals surface area contributed by atoms with Gasteiger partial charge in [0.2, 0.25) is 5.91 Å². The van der Waals surface area contributed by atoms with Crippen LogP contribution in [0.5, 0.6) is 0 Å². The summed E-state index contributed by atoms with van der Waals surface area (Å²) in [6.45, 7) is 1.55. The van der Waals surface area contributed by atoms with Crippen molar-refractivity contribution in [2.75, 3.05) is 5.32 Å². The zero-order valence-electron chi connectivity index (χ0n) is 8.70. The number of halogens is 1. The van der Waals surface area contributed by atoms with Crippen LogP contribution in [0.3, 0.4) is 0 Å². The molecule has 1 amide bonds. The molecule has 0 saturated carbocycles. The first-order valence-corrected chi connectivity index (χ1v) is 4.56. The number of benzene rings is 1. The molecule has 0 bridgehead atoms. The molecule has 1 rings (SSSR count). The molecule has 0 aliphatic carbocycles. The number of nitrogens with two attached hydrogens (primary N) is 1. The maximum atomic E-state index is 13.1. The number of rotatable bonds is 3.